The molecule has 0 aliphatic heterocycles. The minimum atomic E-state index is -1.51. The Hall–Kier alpha value is -3.14. The highest BCUT2D eigenvalue weighted by Gasteiger charge is 2.52. The number of fused-ring (bicyclic) bond motifs is 10. The molecule has 2 N–H and O–H groups in total. The molecule has 1 spiro atoms. The molecule has 0 saturated carbocycles. The normalized spacial score (nSPS) is 13.6. The largest absolute Gasteiger partial charge is 0.489 e. The van der Waals surface area contributed by atoms with E-state index in [1.54, 1.807) is 0 Å². The lowest BCUT2D eigenvalue weighted by Crippen LogP contribution is -2.33. The van der Waals surface area contributed by atoms with Gasteiger partial charge in [-0.3, -0.25) is 0 Å². The summed E-state index contributed by atoms with van der Waals surface area (Å²) < 4.78 is 0. The smallest absolute Gasteiger partial charge is 0.423 e. The molecule has 0 unspecified atom stereocenters. The Kier molecular flexibility index (Phi) is 4.39. The Morgan fingerprint density at radius 1 is 0.533 bits per heavy atom. The van der Waals surface area contributed by atoms with Crippen LogP contribution in [0.15, 0.2) is 91.0 Å². The fourth-order valence-corrected chi connectivity index (χ4v) is 5.39. The lowest BCUT2D eigenvalue weighted by atomic mass is 9.69. The molecule has 0 fully saturated rings. The maximum atomic E-state index is 10.1. The molecule has 0 atom stereocenters. The maximum Gasteiger partial charge on any atom is 0.489 e. The van der Waals surface area contributed by atoms with Crippen LogP contribution in [0.3, 0.4) is 0 Å². The van der Waals surface area contributed by atoms with Gasteiger partial charge in [-0.15, -0.1) is 0 Å². The zero-order valence-electron chi connectivity index (χ0n) is 17.1. The van der Waals surface area contributed by atoms with Crippen molar-refractivity contribution in [2.45, 2.75) is 19.3 Å². The molecule has 2 nitrogen and oxygen atoms in total. The molecule has 4 aromatic carbocycles. The lowest BCUT2D eigenvalue weighted by Gasteiger charge is -2.30. The van der Waals surface area contributed by atoms with Crippen LogP contribution in [0.4, 0.5) is 0 Å². The van der Waals surface area contributed by atoms with Gasteiger partial charge in [0.2, 0.25) is 0 Å². The van der Waals surface area contributed by atoms with Crippen LogP contribution in [0.5, 0.6) is 0 Å². The number of hydrogen-bond acceptors (Lipinski definition) is 2. The van der Waals surface area contributed by atoms with E-state index in [-0.39, 0.29) is 0 Å². The molecule has 146 valence electrons. The summed E-state index contributed by atoms with van der Waals surface area (Å²) in [6.45, 7) is 4.00. The second-order valence-corrected chi connectivity index (χ2v) is 7.53. The molecule has 6 rings (SSSR count). The minimum absolute atomic E-state index is 0.427. The summed E-state index contributed by atoms with van der Waals surface area (Å²) in [5.74, 6) is 0. The Labute approximate surface area is 177 Å². The Morgan fingerprint density at radius 2 is 0.967 bits per heavy atom. The number of hydrogen-bond donors (Lipinski definition) is 2. The van der Waals surface area contributed by atoms with Crippen LogP contribution in [0.2, 0.25) is 0 Å². The van der Waals surface area contributed by atoms with Crippen molar-refractivity contribution in [3.63, 3.8) is 0 Å². The monoisotopic (exact) mass is 390 g/mol. The minimum Gasteiger partial charge on any atom is -0.423 e. The third kappa shape index (κ3) is 2.22. The maximum absolute atomic E-state index is 10.1. The third-order valence-electron chi connectivity index (χ3n) is 6.33. The first-order valence-corrected chi connectivity index (χ1v) is 10.5. The molecule has 30 heavy (non-hydrogen) atoms. The van der Waals surface area contributed by atoms with Crippen LogP contribution in [0.25, 0.3) is 22.3 Å². The Bertz CT molecular complexity index is 1210. The van der Waals surface area contributed by atoms with Crippen molar-refractivity contribution < 1.29 is 10.0 Å². The van der Waals surface area contributed by atoms with Gasteiger partial charge >= 0.3 is 7.12 Å². The number of rotatable bonds is 1. The van der Waals surface area contributed by atoms with E-state index in [1.807, 2.05) is 32.0 Å². The summed E-state index contributed by atoms with van der Waals surface area (Å²) in [7, 11) is -1.51. The van der Waals surface area contributed by atoms with E-state index in [1.165, 1.54) is 27.8 Å². The van der Waals surface area contributed by atoms with Gasteiger partial charge in [-0.1, -0.05) is 105 Å². The van der Waals surface area contributed by atoms with Crippen LogP contribution < -0.4 is 5.46 Å². The fourth-order valence-electron chi connectivity index (χ4n) is 5.39. The standard InChI is InChI=1S/C25H17BO2.C2H6/c27-26(28)23-15-7-14-22-24(23)18-10-3-6-13-21(18)25(22)19-11-4-1-8-16(19)17-9-2-5-12-20(17)25;1-2/h1-15,27-28H;1-2H3. The molecule has 2 aliphatic rings. The van der Waals surface area contributed by atoms with E-state index in [0.717, 1.165) is 16.7 Å². The van der Waals surface area contributed by atoms with Gasteiger partial charge in [-0.05, 0) is 50.0 Å². The van der Waals surface area contributed by atoms with Crippen molar-refractivity contribution in [2.75, 3.05) is 0 Å². The van der Waals surface area contributed by atoms with E-state index >= 15 is 0 Å². The fraction of sp³-hybridized carbons (Fsp3) is 0.111. The van der Waals surface area contributed by atoms with E-state index in [2.05, 4.69) is 72.8 Å². The van der Waals surface area contributed by atoms with Gasteiger partial charge in [-0.25, -0.2) is 0 Å². The second-order valence-electron chi connectivity index (χ2n) is 7.53. The molecule has 0 heterocycles. The first-order valence-electron chi connectivity index (χ1n) is 10.5. The SMILES string of the molecule is CC.OB(O)c1cccc2c1-c1ccccc1C21c2ccccc2-c2ccccc21. The van der Waals surface area contributed by atoms with Crippen LogP contribution in [0, 0.1) is 0 Å². The van der Waals surface area contributed by atoms with Crippen molar-refractivity contribution >= 4 is 12.6 Å². The van der Waals surface area contributed by atoms with Crippen LogP contribution in [-0.2, 0) is 5.41 Å². The Balaban J connectivity index is 0.000000937. The topological polar surface area (TPSA) is 40.5 Å². The zero-order chi connectivity index (χ0) is 20.9. The van der Waals surface area contributed by atoms with Gasteiger partial charge in [0, 0.05) is 0 Å². The van der Waals surface area contributed by atoms with Crippen molar-refractivity contribution in [3.8, 4) is 22.3 Å². The third-order valence-corrected chi connectivity index (χ3v) is 6.33. The molecule has 2 aliphatic carbocycles. The highest BCUT2D eigenvalue weighted by Crippen LogP contribution is 2.62. The molecule has 0 amide bonds. The van der Waals surface area contributed by atoms with Gasteiger partial charge in [0.25, 0.3) is 0 Å². The summed E-state index contributed by atoms with van der Waals surface area (Å²) in [5, 5.41) is 20.2. The molecule has 4 aromatic rings. The van der Waals surface area contributed by atoms with Crippen molar-refractivity contribution in [1.29, 1.82) is 0 Å². The average molecular weight is 390 g/mol. The predicted molar refractivity (Wildman–Crippen MR) is 124 cm³/mol. The van der Waals surface area contributed by atoms with Gasteiger partial charge < -0.3 is 10.0 Å². The molecule has 0 aromatic heterocycles. The predicted octanol–water partition coefficient (Wildman–Crippen LogP) is 4.74. The molecule has 0 saturated heterocycles. The number of benzene rings is 4. The van der Waals surface area contributed by atoms with Crippen LogP contribution in [-0.4, -0.2) is 17.2 Å². The van der Waals surface area contributed by atoms with E-state index in [9.17, 15) is 10.0 Å². The first-order chi connectivity index (χ1) is 14.7. The summed E-state index contributed by atoms with van der Waals surface area (Å²) in [6, 6.07) is 31.4. The highest BCUT2D eigenvalue weighted by atomic mass is 16.4. The van der Waals surface area contributed by atoms with Gasteiger partial charge in [0.1, 0.15) is 0 Å². The van der Waals surface area contributed by atoms with Crippen LogP contribution >= 0.6 is 0 Å². The van der Waals surface area contributed by atoms with E-state index in [4.69, 9.17) is 0 Å². The second kappa shape index (κ2) is 6.98. The van der Waals surface area contributed by atoms with E-state index < -0.39 is 12.5 Å². The van der Waals surface area contributed by atoms with E-state index in [0.29, 0.717) is 5.46 Å². The Morgan fingerprint density at radius 3 is 1.50 bits per heavy atom. The zero-order valence-corrected chi connectivity index (χ0v) is 17.1. The summed E-state index contributed by atoms with van der Waals surface area (Å²) in [6.07, 6.45) is 0. The highest BCUT2D eigenvalue weighted by molar-refractivity contribution is 6.60. The van der Waals surface area contributed by atoms with Gasteiger partial charge in [0.05, 0.1) is 5.41 Å². The summed E-state index contributed by atoms with van der Waals surface area (Å²) >= 11 is 0. The summed E-state index contributed by atoms with van der Waals surface area (Å²) in [5.41, 5.74) is 9.48. The molecule has 0 radical (unpaired) electrons. The molecule has 3 heteroatoms. The lowest BCUT2D eigenvalue weighted by molar-refractivity contribution is 0.426. The van der Waals surface area contributed by atoms with Crippen molar-refractivity contribution in [2.24, 2.45) is 0 Å². The molecular formula is C27H23BO2. The quantitative estimate of drug-likeness (QED) is 0.399. The first kappa shape index (κ1) is 18.9. The average Bonchev–Trinajstić information content (AvgIpc) is 3.28. The van der Waals surface area contributed by atoms with Crippen molar-refractivity contribution in [3.05, 3.63) is 113 Å². The van der Waals surface area contributed by atoms with Crippen LogP contribution in [0.1, 0.15) is 36.1 Å². The molecular weight excluding hydrogens is 367 g/mol. The van der Waals surface area contributed by atoms with Gasteiger partial charge in [0.15, 0.2) is 0 Å². The molecule has 0 bridgehead atoms. The van der Waals surface area contributed by atoms with Crippen molar-refractivity contribution in [1.82, 2.24) is 0 Å². The summed E-state index contributed by atoms with van der Waals surface area (Å²) in [4.78, 5) is 0. The van der Waals surface area contributed by atoms with Gasteiger partial charge in [-0.2, -0.15) is 0 Å².